The number of hydrogen-bond acceptors (Lipinski definition) is 3. The van der Waals surface area contributed by atoms with Crippen LogP contribution in [0.2, 0.25) is 0 Å². The van der Waals surface area contributed by atoms with Crippen LogP contribution in [0.4, 0.5) is 5.69 Å². The summed E-state index contributed by atoms with van der Waals surface area (Å²) in [6, 6.07) is 16.1. The largest absolute Gasteiger partial charge is 0.481 e. The lowest BCUT2D eigenvalue weighted by Crippen LogP contribution is -2.31. The predicted molar refractivity (Wildman–Crippen MR) is 92.1 cm³/mol. The molecular weight excluding hydrogens is 318 g/mol. The number of amides is 1. The number of benzene rings is 2. The number of para-hydroxylation sites is 1. The van der Waals surface area contributed by atoms with Crippen LogP contribution in [0.3, 0.4) is 0 Å². The molecule has 1 amide bonds. The average molecular weight is 333 g/mol. The zero-order valence-electron chi connectivity index (χ0n) is 13.2. The quantitative estimate of drug-likeness (QED) is 0.799. The van der Waals surface area contributed by atoms with Gasteiger partial charge in [-0.15, -0.1) is 0 Å². The van der Waals surface area contributed by atoms with Crippen molar-refractivity contribution in [2.45, 2.75) is 5.92 Å². The first-order chi connectivity index (χ1) is 12.1. The number of carbonyl (C=O) groups excluding carboxylic acids is 1. The van der Waals surface area contributed by atoms with Crippen molar-refractivity contribution in [2.24, 2.45) is 0 Å². The molecule has 1 atom stereocenters. The molecule has 0 bridgehead atoms. The lowest BCUT2D eigenvalue weighted by atomic mass is 10.0. The molecule has 1 unspecified atom stereocenters. The average Bonchev–Trinajstić information content (AvgIpc) is 3.29. The first-order valence-electron chi connectivity index (χ1n) is 7.89. The van der Waals surface area contributed by atoms with Crippen LogP contribution in [-0.4, -0.2) is 33.3 Å². The van der Waals surface area contributed by atoms with E-state index < -0.39 is 11.9 Å². The van der Waals surface area contributed by atoms with Crippen molar-refractivity contribution in [2.75, 3.05) is 11.4 Å². The third-order valence-corrected chi connectivity index (χ3v) is 4.39. The van der Waals surface area contributed by atoms with Crippen LogP contribution in [0, 0.1) is 0 Å². The topological polar surface area (TPSA) is 75.4 Å². The molecule has 1 aliphatic rings. The number of anilines is 1. The normalized spacial score (nSPS) is 15.8. The summed E-state index contributed by atoms with van der Waals surface area (Å²) in [4.78, 5) is 25.9. The van der Waals surface area contributed by atoms with E-state index >= 15 is 0 Å². The van der Waals surface area contributed by atoms with Crippen molar-refractivity contribution in [1.29, 1.82) is 0 Å². The summed E-state index contributed by atoms with van der Waals surface area (Å²) >= 11 is 0. The number of rotatable bonds is 3. The highest BCUT2D eigenvalue weighted by Crippen LogP contribution is 2.37. The molecule has 124 valence electrons. The Morgan fingerprint density at radius 2 is 1.80 bits per heavy atom. The number of carboxylic acids is 1. The molecule has 6 heteroatoms. The van der Waals surface area contributed by atoms with Crippen LogP contribution in [0.1, 0.15) is 21.8 Å². The molecule has 25 heavy (non-hydrogen) atoms. The zero-order chi connectivity index (χ0) is 17.4. The fraction of sp³-hybridized carbons (Fsp3) is 0.105. The van der Waals surface area contributed by atoms with Gasteiger partial charge in [-0.3, -0.25) is 9.59 Å². The first kappa shape index (κ1) is 15.1. The fourth-order valence-electron chi connectivity index (χ4n) is 3.14. The Hall–Kier alpha value is -3.41. The van der Waals surface area contributed by atoms with Crippen molar-refractivity contribution in [1.82, 2.24) is 9.78 Å². The molecule has 2 heterocycles. The van der Waals surface area contributed by atoms with Crippen LogP contribution in [0.15, 0.2) is 67.0 Å². The number of hydrogen-bond donors (Lipinski definition) is 1. The second kappa shape index (κ2) is 5.90. The van der Waals surface area contributed by atoms with Gasteiger partial charge >= 0.3 is 5.97 Å². The maximum Gasteiger partial charge on any atom is 0.312 e. The fourth-order valence-corrected chi connectivity index (χ4v) is 3.14. The van der Waals surface area contributed by atoms with Crippen LogP contribution >= 0.6 is 0 Å². The van der Waals surface area contributed by atoms with Crippen LogP contribution in [-0.2, 0) is 4.79 Å². The Bertz CT molecular complexity index is 933. The first-order valence-corrected chi connectivity index (χ1v) is 7.89. The highest BCUT2D eigenvalue weighted by atomic mass is 16.4. The zero-order valence-corrected chi connectivity index (χ0v) is 13.2. The second-order valence-corrected chi connectivity index (χ2v) is 5.86. The number of carboxylic acid groups (broad SMARTS) is 1. The van der Waals surface area contributed by atoms with Crippen molar-refractivity contribution < 1.29 is 14.7 Å². The molecule has 0 aliphatic carbocycles. The number of carbonyl (C=O) groups is 2. The van der Waals surface area contributed by atoms with Crippen LogP contribution in [0.5, 0.6) is 0 Å². The van der Waals surface area contributed by atoms with E-state index in [2.05, 4.69) is 5.10 Å². The maximum absolute atomic E-state index is 12.9. The van der Waals surface area contributed by atoms with Crippen molar-refractivity contribution in [3.05, 3.63) is 78.1 Å². The number of aliphatic carboxylic acids is 1. The molecular formula is C19H15N3O3. The number of fused-ring (bicyclic) bond motifs is 1. The molecule has 1 aromatic heterocycles. The highest BCUT2D eigenvalue weighted by Gasteiger charge is 2.36. The molecule has 1 N–H and O–H groups in total. The smallest absolute Gasteiger partial charge is 0.312 e. The Labute approximate surface area is 143 Å². The third-order valence-electron chi connectivity index (χ3n) is 4.39. The van der Waals surface area contributed by atoms with Gasteiger partial charge in [0.1, 0.15) is 5.92 Å². The van der Waals surface area contributed by atoms with E-state index in [1.165, 1.54) is 4.90 Å². The van der Waals surface area contributed by atoms with Crippen molar-refractivity contribution in [3.8, 4) is 5.69 Å². The summed E-state index contributed by atoms with van der Waals surface area (Å²) in [5.74, 6) is -1.82. The minimum absolute atomic E-state index is 0.147. The van der Waals surface area contributed by atoms with Gasteiger partial charge in [-0.2, -0.15) is 5.10 Å². The molecule has 1 aliphatic heterocycles. The molecule has 0 saturated carbocycles. The van der Waals surface area contributed by atoms with E-state index in [0.29, 0.717) is 16.8 Å². The van der Waals surface area contributed by atoms with Gasteiger partial charge in [-0.25, -0.2) is 4.68 Å². The van der Waals surface area contributed by atoms with E-state index in [0.717, 1.165) is 5.69 Å². The molecule has 0 saturated heterocycles. The lowest BCUT2D eigenvalue weighted by molar-refractivity contribution is -0.138. The molecule has 6 nitrogen and oxygen atoms in total. The molecule has 0 spiro atoms. The lowest BCUT2D eigenvalue weighted by Gasteiger charge is -2.17. The van der Waals surface area contributed by atoms with E-state index in [1.54, 1.807) is 41.2 Å². The van der Waals surface area contributed by atoms with Crippen molar-refractivity contribution >= 4 is 17.6 Å². The van der Waals surface area contributed by atoms with Gasteiger partial charge in [0.25, 0.3) is 5.91 Å². The van der Waals surface area contributed by atoms with Crippen LogP contribution in [0.25, 0.3) is 5.69 Å². The van der Waals surface area contributed by atoms with Gasteiger partial charge in [0.05, 0.1) is 5.69 Å². The Balaban J connectivity index is 1.64. The Morgan fingerprint density at radius 1 is 1.04 bits per heavy atom. The van der Waals surface area contributed by atoms with Gasteiger partial charge in [0, 0.05) is 30.2 Å². The molecule has 4 rings (SSSR count). The summed E-state index contributed by atoms with van der Waals surface area (Å²) in [7, 11) is 0. The Kier molecular flexibility index (Phi) is 3.57. The third kappa shape index (κ3) is 2.57. The highest BCUT2D eigenvalue weighted by molar-refractivity contribution is 6.08. The van der Waals surface area contributed by atoms with Gasteiger partial charge in [-0.1, -0.05) is 18.2 Å². The van der Waals surface area contributed by atoms with Crippen LogP contribution < -0.4 is 4.90 Å². The molecule has 2 aromatic carbocycles. The second-order valence-electron chi connectivity index (χ2n) is 5.86. The minimum Gasteiger partial charge on any atom is -0.481 e. The SMILES string of the molecule is O=C(O)C1CN(C(=O)c2ccc(-n3cccn3)cc2)c2ccccc21. The number of nitrogens with zero attached hydrogens (tertiary/aromatic N) is 3. The van der Waals surface area contributed by atoms with E-state index in [1.807, 2.05) is 30.5 Å². The van der Waals surface area contributed by atoms with E-state index in [4.69, 9.17) is 0 Å². The minimum atomic E-state index is -0.920. The predicted octanol–water partition coefficient (Wildman–Crippen LogP) is 2.70. The summed E-state index contributed by atoms with van der Waals surface area (Å²) in [5, 5.41) is 13.6. The standard InChI is InChI=1S/C19H15N3O3/c23-18(13-6-8-14(9-7-13)22-11-3-10-20-22)21-12-16(19(24)25)15-4-1-2-5-17(15)21/h1-11,16H,12H2,(H,24,25). The summed E-state index contributed by atoms with van der Waals surface area (Å²) in [6.07, 6.45) is 3.51. The summed E-state index contributed by atoms with van der Waals surface area (Å²) in [5.41, 5.74) is 2.70. The monoisotopic (exact) mass is 333 g/mol. The van der Waals surface area contributed by atoms with E-state index in [9.17, 15) is 14.7 Å². The van der Waals surface area contributed by atoms with Gasteiger partial charge in [0.15, 0.2) is 0 Å². The van der Waals surface area contributed by atoms with Crippen molar-refractivity contribution in [3.63, 3.8) is 0 Å². The number of aromatic nitrogens is 2. The van der Waals surface area contributed by atoms with E-state index in [-0.39, 0.29) is 12.5 Å². The molecule has 0 radical (unpaired) electrons. The van der Waals surface area contributed by atoms with Gasteiger partial charge < -0.3 is 10.0 Å². The molecule has 3 aromatic rings. The van der Waals surface area contributed by atoms with Gasteiger partial charge in [-0.05, 0) is 42.0 Å². The van der Waals surface area contributed by atoms with Gasteiger partial charge in [0.2, 0.25) is 0 Å². The molecule has 0 fully saturated rings. The summed E-state index contributed by atoms with van der Waals surface area (Å²) < 4.78 is 1.71. The maximum atomic E-state index is 12.9. The summed E-state index contributed by atoms with van der Waals surface area (Å²) in [6.45, 7) is 0.147. The Morgan fingerprint density at radius 3 is 2.48 bits per heavy atom.